The highest BCUT2D eigenvalue weighted by molar-refractivity contribution is 7.13. The van der Waals surface area contributed by atoms with Gasteiger partial charge in [-0.15, -0.1) is 0 Å². The molecule has 24 heteroatoms. The van der Waals surface area contributed by atoms with Gasteiger partial charge in [0.05, 0.1) is 44.9 Å². The van der Waals surface area contributed by atoms with E-state index < -0.39 is 5.76 Å². The number of hydrogen-bond donors (Lipinski definition) is 3. The smallest absolute Gasteiger partial charge is 0.417 e. The van der Waals surface area contributed by atoms with Crippen LogP contribution in [0.2, 0.25) is 15.1 Å². The predicted octanol–water partition coefficient (Wildman–Crippen LogP) is 17.1. The molecule has 0 spiro atoms. The largest absolute Gasteiger partial charge is 0.494 e. The summed E-state index contributed by atoms with van der Waals surface area (Å²) in [5.41, 5.74) is 15.2. The number of aromatic nitrogens is 3. The molecule has 9 aromatic carbocycles. The number of rotatable bonds is 22. The highest BCUT2D eigenvalue weighted by Gasteiger charge is 2.27. The number of carbonyl (C=O) groups is 3. The van der Waals surface area contributed by atoms with Crippen LogP contribution >= 0.6 is 46.3 Å². The van der Waals surface area contributed by atoms with E-state index in [-0.39, 0.29) is 11.8 Å². The third-order valence-electron chi connectivity index (χ3n) is 23.6. The third-order valence-corrected chi connectivity index (χ3v) is 25.6. The first-order chi connectivity index (χ1) is 58.3. The topological polar surface area (TPSA) is 191 Å². The summed E-state index contributed by atoms with van der Waals surface area (Å²) in [7, 11) is 0. The summed E-state index contributed by atoms with van der Waals surface area (Å²) < 4.78 is 23.0. The Morgan fingerprint density at radius 1 is 0.454 bits per heavy atom. The van der Waals surface area contributed by atoms with Gasteiger partial charge in [0.15, 0.2) is 5.58 Å². The van der Waals surface area contributed by atoms with Gasteiger partial charge in [0.1, 0.15) is 23.2 Å². The van der Waals surface area contributed by atoms with E-state index in [2.05, 4.69) is 187 Å². The summed E-state index contributed by atoms with van der Waals surface area (Å²) in [4.78, 5) is 73.1. The second-order valence-corrected chi connectivity index (χ2v) is 33.6. The SMILES string of the molecule is O=C1CCc2ccc(OCCCCN3CCN(c4cccc(Cl)c4Cl)CC3)cc2N1.O=C1CCc2ccc(OCCCCN3CCN(c4cccc5ccccc45)CC3)nc2N1.O=C1Cc2cc(Cl)c(CCN3CCN(c4nsc5ccccc45)CC3)cc2C1.O=c1[nH]c2cccc(N3CCN(Cc4cccc(-c5ccccc5)c4)CC3)c2o1. The number of para-hydroxylation sites is 1. The molecule has 9 heterocycles. The highest BCUT2D eigenvalue weighted by Crippen LogP contribution is 2.37. The van der Waals surface area contributed by atoms with Crippen molar-refractivity contribution in [2.45, 2.75) is 77.2 Å². The van der Waals surface area contributed by atoms with Crippen LogP contribution in [-0.4, -0.2) is 189 Å². The van der Waals surface area contributed by atoms with Gasteiger partial charge >= 0.3 is 5.76 Å². The maximum atomic E-state index is 11.7. The number of carbonyl (C=O) groups excluding carboxylic acids is 3. The minimum Gasteiger partial charge on any atom is -0.494 e. The van der Waals surface area contributed by atoms with Gasteiger partial charge in [0.25, 0.3) is 0 Å². The standard InChI is InChI=1S/C26H30N4O2.C24H23N3O2.C23H27Cl2N3O2.C22H22ClN3OS/c31-24-12-10-21-11-13-25(28-26(21)27-24)32-19-4-3-14-29-15-17-30(18-16-29)23-9-5-7-20-6-1-2-8-22(20)23;28-24-25-21-10-5-11-22(23(21)29-24)27-14-12-26(13-15-27)17-18-6-4-9-20(16-18)19-7-2-1-3-8-19;24-19-4-3-5-21(23(19)25)28-13-11-27(12-14-28)10-1-2-15-30-18-8-6-17-7-9-22(29)26-20(17)16-18;23-20-14-17-13-18(27)12-16(17)11-15(20)5-6-25-7-9-26(10-8-25)22-19-3-1-2-4-21(19)28-24-22/h1-2,5-9,11,13H,3-4,10,12,14-19H2,(H,27,28,31);1-11,16H,12-15,17H2,(H,25,28);3-6,8,16H,1-2,7,9-15H2,(H,26,29);1-4,11,14H,5-10,12-13H2. The van der Waals surface area contributed by atoms with Crippen molar-refractivity contribution >= 4 is 130 Å². The number of Topliss-reactive ketones (excluding diaryl/α,β-unsaturated/α-hetero) is 1. The van der Waals surface area contributed by atoms with Crippen molar-refractivity contribution in [3.63, 3.8) is 0 Å². The van der Waals surface area contributed by atoms with Crippen molar-refractivity contribution < 1.29 is 28.3 Å². The van der Waals surface area contributed by atoms with Gasteiger partial charge in [-0.2, -0.15) is 9.36 Å². The van der Waals surface area contributed by atoms with Gasteiger partial charge in [-0.05, 0) is 186 Å². The van der Waals surface area contributed by atoms with Crippen LogP contribution in [-0.2, 0) is 53.0 Å². The van der Waals surface area contributed by atoms with Crippen molar-refractivity contribution in [1.29, 1.82) is 0 Å². The number of anilines is 6. The molecule has 12 aromatic rings. The van der Waals surface area contributed by atoms with Crippen molar-refractivity contribution in [2.75, 3.05) is 168 Å². The van der Waals surface area contributed by atoms with Crippen LogP contribution in [0, 0.1) is 0 Å². The first-order valence-corrected chi connectivity index (χ1v) is 43.9. The van der Waals surface area contributed by atoms with Crippen LogP contribution in [0.4, 0.5) is 34.4 Å². The Bertz CT molecular complexity index is 5550. The average molecular weight is 1680 g/mol. The van der Waals surface area contributed by atoms with E-state index in [0.29, 0.717) is 72.0 Å². The lowest BCUT2D eigenvalue weighted by atomic mass is 10.0. The highest BCUT2D eigenvalue weighted by atomic mass is 35.5. The maximum Gasteiger partial charge on any atom is 0.417 e. The summed E-state index contributed by atoms with van der Waals surface area (Å²) in [5.74, 6) is 3.21. The fraction of sp³-hybridized carbons (Fsp3) is 0.347. The van der Waals surface area contributed by atoms with Gasteiger partial charge in [0, 0.05) is 183 Å². The summed E-state index contributed by atoms with van der Waals surface area (Å²) in [6.07, 6.45) is 8.90. The number of piperazine rings is 4. The molecule has 1 aliphatic carbocycles. The molecular weight excluding hydrogens is 1570 g/mol. The molecule has 3 aromatic heterocycles. The number of ketones is 1. The average Bonchev–Trinajstić information content (AvgIpc) is 1.73. The maximum absolute atomic E-state index is 11.7. The normalized spacial score (nSPS) is 16.5. The van der Waals surface area contributed by atoms with Crippen molar-refractivity contribution in [2.24, 2.45) is 0 Å². The zero-order valence-electron chi connectivity index (χ0n) is 67.3. The minimum absolute atomic E-state index is 0.0303. The Morgan fingerprint density at radius 3 is 1.81 bits per heavy atom. The molecule has 4 fully saturated rings. The molecule has 0 saturated carbocycles. The van der Waals surface area contributed by atoms with Crippen LogP contribution in [0.5, 0.6) is 11.6 Å². The quantitative estimate of drug-likeness (QED) is 0.0542. The van der Waals surface area contributed by atoms with Gasteiger partial charge in [-0.25, -0.2) is 4.79 Å². The lowest BCUT2D eigenvalue weighted by molar-refractivity contribution is -0.117. The molecule has 616 valence electrons. The fourth-order valence-electron chi connectivity index (χ4n) is 17.0. The lowest BCUT2D eigenvalue weighted by Gasteiger charge is -2.36. The van der Waals surface area contributed by atoms with E-state index in [4.69, 9.17) is 53.1 Å². The van der Waals surface area contributed by atoms with Gasteiger partial charge in [0.2, 0.25) is 17.7 Å². The van der Waals surface area contributed by atoms with E-state index in [1.54, 1.807) is 11.5 Å². The number of nitrogens with zero attached hydrogens (tertiary/aromatic N) is 10. The number of aryl methyl sites for hydroxylation is 2. The molecule has 4 saturated heterocycles. The number of nitrogens with one attached hydrogen (secondary N) is 3. The van der Waals surface area contributed by atoms with E-state index in [1.165, 1.54) is 59.9 Å². The number of amides is 2. The molecule has 20 nitrogen and oxygen atoms in total. The van der Waals surface area contributed by atoms with E-state index >= 15 is 0 Å². The van der Waals surface area contributed by atoms with Crippen LogP contribution in [0.3, 0.4) is 0 Å². The van der Waals surface area contributed by atoms with Gasteiger partial charge in [-0.1, -0.05) is 156 Å². The second kappa shape index (κ2) is 39.7. The Morgan fingerprint density at radius 2 is 1.04 bits per heavy atom. The molecule has 6 aliphatic heterocycles. The van der Waals surface area contributed by atoms with Gasteiger partial charge < -0.3 is 44.1 Å². The first-order valence-electron chi connectivity index (χ1n) is 42.0. The number of ether oxygens (including phenoxy) is 2. The molecule has 7 aliphatic rings. The third kappa shape index (κ3) is 21.3. The van der Waals surface area contributed by atoms with E-state index in [9.17, 15) is 19.2 Å². The Kier molecular flexibility index (Phi) is 27.5. The zero-order valence-corrected chi connectivity index (χ0v) is 70.3. The number of halogens is 3. The van der Waals surface area contributed by atoms with Crippen LogP contribution < -0.4 is 45.5 Å². The van der Waals surface area contributed by atoms with E-state index in [1.807, 2.05) is 72.8 Å². The summed E-state index contributed by atoms with van der Waals surface area (Å²) >= 11 is 20.6. The number of benzene rings is 9. The first kappa shape index (κ1) is 82.4. The number of pyridine rings is 1. The molecular formula is C95H102Cl3N13O7S. The molecule has 0 atom stereocenters. The predicted molar refractivity (Wildman–Crippen MR) is 484 cm³/mol. The summed E-state index contributed by atoms with van der Waals surface area (Å²) in [5, 5.41) is 11.7. The van der Waals surface area contributed by atoms with E-state index in [0.717, 1.165) is 226 Å². The molecule has 0 radical (unpaired) electrons. The fourth-order valence-corrected chi connectivity index (χ4v) is 18.5. The Balaban J connectivity index is 0.000000118. The molecule has 19 rings (SSSR count). The van der Waals surface area contributed by atoms with Crippen molar-refractivity contribution in [3.8, 4) is 22.8 Å². The molecule has 3 N–H and O–H groups in total. The molecule has 0 unspecified atom stereocenters. The summed E-state index contributed by atoms with van der Waals surface area (Å²) in [6, 6.07) is 68.7. The molecule has 0 bridgehead atoms. The minimum atomic E-state index is -0.399. The van der Waals surface area contributed by atoms with Crippen molar-refractivity contribution in [3.05, 3.63) is 259 Å². The Hall–Kier alpha value is -10.3. The second-order valence-electron chi connectivity index (χ2n) is 31.6. The number of fused-ring (bicyclic) bond motifs is 6. The van der Waals surface area contributed by atoms with Crippen LogP contribution in [0.25, 0.3) is 43.1 Å². The Labute approximate surface area is 714 Å². The molecule has 119 heavy (non-hydrogen) atoms. The summed E-state index contributed by atoms with van der Waals surface area (Å²) in [6.45, 7) is 21.5. The number of unbranched alkanes of at least 4 members (excludes halogenated alkanes) is 2. The number of oxazole rings is 1. The van der Waals surface area contributed by atoms with Gasteiger partial charge in [-0.3, -0.25) is 39.0 Å². The van der Waals surface area contributed by atoms with Crippen molar-refractivity contribution in [1.82, 2.24) is 33.9 Å². The zero-order chi connectivity index (χ0) is 81.4. The van der Waals surface area contributed by atoms with Crippen LogP contribution in [0.1, 0.15) is 71.9 Å². The number of hydrogen-bond acceptors (Lipinski definition) is 18. The monoisotopic (exact) mass is 1670 g/mol. The molecule has 2 amide bonds. The number of H-pyrrole nitrogens is 1. The lowest BCUT2D eigenvalue weighted by Crippen LogP contribution is -2.47. The van der Waals surface area contributed by atoms with Crippen LogP contribution in [0.15, 0.2) is 209 Å². The number of aromatic amines is 1.